The van der Waals surface area contributed by atoms with Gasteiger partial charge in [0.05, 0.1) is 11.5 Å². The third kappa shape index (κ3) is 4.00. The van der Waals surface area contributed by atoms with Crippen molar-refractivity contribution in [2.45, 2.75) is 39.2 Å². The van der Waals surface area contributed by atoms with Gasteiger partial charge in [-0.15, -0.1) is 0 Å². The van der Waals surface area contributed by atoms with Gasteiger partial charge >= 0.3 is 5.69 Å². The van der Waals surface area contributed by atoms with Crippen LogP contribution in [0.2, 0.25) is 0 Å². The highest BCUT2D eigenvalue weighted by atomic mass is 16.6. The summed E-state index contributed by atoms with van der Waals surface area (Å²) in [5, 5.41) is 11.0. The first kappa shape index (κ1) is 14.4. The number of benzene rings is 1. The van der Waals surface area contributed by atoms with Crippen LogP contribution in [0, 0.1) is 10.1 Å². The van der Waals surface area contributed by atoms with E-state index in [0.717, 1.165) is 18.4 Å². The largest absolute Gasteiger partial charge is 0.487 e. The second-order valence-corrected chi connectivity index (χ2v) is 4.25. The standard InChI is InChI=1S/C13H20N2O3/c1-3-5-11(14)8-10-6-7-13(18-4-2)12(9-10)15(16)17/h6-7,9,11H,3-5,8,14H2,1-2H3. The van der Waals surface area contributed by atoms with Crippen LogP contribution < -0.4 is 10.5 Å². The van der Waals surface area contributed by atoms with E-state index in [1.54, 1.807) is 19.1 Å². The maximum Gasteiger partial charge on any atom is 0.311 e. The molecule has 0 fully saturated rings. The maximum absolute atomic E-state index is 11.0. The molecule has 0 bridgehead atoms. The van der Waals surface area contributed by atoms with Gasteiger partial charge < -0.3 is 10.5 Å². The van der Waals surface area contributed by atoms with E-state index in [1.807, 2.05) is 6.07 Å². The monoisotopic (exact) mass is 252 g/mol. The van der Waals surface area contributed by atoms with Crippen molar-refractivity contribution in [3.8, 4) is 5.75 Å². The van der Waals surface area contributed by atoms with Crippen LogP contribution in [0.3, 0.4) is 0 Å². The Morgan fingerprint density at radius 3 is 2.72 bits per heavy atom. The molecule has 0 aliphatic carbocycles. The second kappa shape index (κ2) is 6.96. The molecule has 0 spiro atoms. The Hall–Kier alpha value is -1.62. The number of nitro benzene ring substituents is 1. The van der Waals surface area contributed by atoms with E-state index < -0.39 is 4.92 Å². The molecular formula is C13H20N2O3. The van der Waals surface area contributed by atoms with Gasteiger partial charge in [-0.3, -0.25) is 10.1 Å². The molecule has 0 aliphatic rings. The molecule has 0 saturated heterocycles. The minimum Gasteiger partial charge on any atom is -0.487 e. The molecule has 0 aliphatic heterocycles. The van der Waals surface area contributed by atoms with Gasteiger partial charge in [-0.05, 0) is 31.4 Å². The molecule has 0 saturated carbocycles. The molecule has 1 aromatic rings. The van der Waals surface area contributed by atoms with Crippen molar-refractivity contribution in [1.82, 2.24) is 0 Å². The number of ether oxygens (including phenoxy) is 1. The Bertz CT molecular complexity index is 407. The first-order valence-electron chi connectivity index (χ1n) is 6.24. The average Bonchev–Trinajstić information content (AvgIpc) is 2.31. The van der Waals surface area contributed by atoms with Gasteiger partial charge in [-0.2, -0.15) is 0 Å². The van der Waals surface area contributed by atoms with Crippen LogP contribution in [0.1, 0.15) is 32.3 Å². The summed E-state index contributed by atoms with van der Waals surface area (Å²) in [5.41, 5.74) is 6.83. The average molecular weight is 252 g/mol. The number of nitrogens with zero attached hydrogens (tertiary/aromatic N) is 1. The lowest BCUT2D eigenvalue weighted by atomic mass is 10.0. The zero-order valence-electron chi connectivity index (χ0n) is 10.9. The number of nitrogens with two attached hydrogens (primary N) is 1. The summed E-state index contributed by atoms with van der Waals surface area (Å²) in [6.45, 7) is 4.28. The fourth-order valence-electron chi connectivity index (χ4n) is 1.89. The molecule has 1 aromatic carbocycles. The van der Waals surface area contributed by atoms with Crippen LogP contribution in [0.25, 0.3) is 0 Å². The van der Waals surface area contributed by atoms with Crippen LogP contribution in [0.5, 0.6) is 5.75 Å². The highest BCUT2D eigenvalue weighted by Crippen LogP contribution is 2.28. The Morgan fingerprint density at radius 2 is 2.17 bits per heavy atom. The van der Waals surface area contributed by atoms with Crippen LogP contribution in [-0.2, 0) is 6.42 Å². The SMILES string of the molecule is CCCC(N)Cc1ccc(OCC)c([N+](=O)[O-])c1. The van der Waals surface area contributed by atoms with Crippen molar-refractivity contribution in [3.05, 3.63) is 33.9 Å². The van der Waals surface area contributed by atoms with E-state index in [9.17, 15) is 10.1 Å². The Morgan fingerprint density at radius 1 is 1.44 bits per heavy atom. The van der Waals surface area contributed by atoms with Gasteiger partial charge in [0.15, 0.2) is 5.75 Å². The lowest BCUT2D eigenvalue weighted by Gasteiger charge is -2.11. The molecule has 100 valence electrons. The molecule has 0 radical (unpaired) electrons. The van der Waals surface area contributed by atoms with Crippen molar-refractivity contribution in [3.63, 3.8) is 0 Å². The smallest absolute Gasteiger partial charge is 0.311 e. The maximum atomic E-state index is 11.0. The summed E-state index contributed by atoms with van der Waals surface area (Å²) < 4.78 is 5.23. The first-order chi connectivity index (χ1) is 8.58. The summed E-state index contributed by atoms with van der Waals surface area (Å²) >= 11 is 0. The molecule has 1 unspecified atom stereocenters. The van der Waals surface area contributed by atoms with Gasteiger partial charge in [0.2, 0.25) is 0 Å². The van der Waals surface area contributed by atoms with E-state index >= 15 is 0 Å². The van der Waals surface area contributed by atoms with Crippen LogP contribution in [0.15, 0.2) is 18.2 Å². The van der Waals surface area contributed by atoms with Crippen molar-refractivity contribution in [2.75, 3.05) is 6.61 Å². The van der Waals surface area contributed by atoms with Crippen LogP contribution in [0.4, 0.5) is 5.69 Å². The quantitative estimate of drug-likeness (QED) is 0.597. The van der Waals surface area contributed by atoms with E-state index in [2.05, 4.69) is 6.92 Å². The minimum atomic E-state index is -0.417. The van der Waals surface area contributed by atoms with Crippen molar-refractivity contribution >= 4 is 5.69 Å². The predicted octanol–water partition coefficient (Wildman–Crippen LogP) is 2.66. The molecule has 5 heteroatoms. The fourth-order valence-corrected chi connectivity index (χ4v) is 1.89. The minimum absolute atomic E-state index is 0.0121. The molecule has 18 heavy (non-hydrogen) atoms. The Balaban J connectivity index is 2.89. The van der Waals surface area contributed by atoms with E-state index in [4.69, 9.17) is 10.5 Å². The fraction of sp³-hybridized carbons (Fsp3) is 0.538. The molecule has 0 amide bonds. The summed E-state index contributed by atoms with van der Waals surface area (Å²) in [4.78, 5) is 10.5. The van der Waals surface area contributed by atoms with E-state index in [-0.39, 0.29) is 11.7 Å². The topological polar surface area (TPSA) is 78.4 Å². The number of hydrogen-bond donors (Lipinski definition) is 1. The summed E-state index contributed by atoms with van der Waals surface area (Å²) in [5.74, 6) is 0.315. The normalized spacial score (nSPS) is 12.2. The number of hydrogen-bond acceptors (Lipinski definition) is 4. The van der Waals surface area contributed by atoms with E-state index in [0.29, 0.717) is 18.8 Å². The molecule has 2 N–H and O–H groups in total. The van der Waals surface area contributed by atoms with Gasteiger partial charge in [0, 0.05) is 12.1 Å². The molecule has 1 atom stereocenters. The van der Waals surface area contributed by atoms with E-state index in [1.165, 1.54) is 0 Å². The van der Waals surface area contributed by atoms with Crippen LogP contribution >= 0.6 is 0 Å². The van der Waals surface area contributed by atoms with Crippen LogP contribution in [-0.4, -0.2) is 17.6 Å². The molecule has 1 rings (SSSR count). The van der Waals surface area contributed by atoms with Crippen molar-refractivity contribution in [1.29, 1.82) is 0 Å². The van der Waals surface area contributed by atoms with Gasteiger partial charge in [0.25, 0.3) is 0 Å². The molecule has 0 heterocycles. The zero-order valence-corrected chi connectivity index (χ0v) is 10.9. The van der Waals surface area contributed by atoms with Gasteiger partial charge in [-0.25, -0.2) is 0 Å². The third-order valence-electron chi connectivity index (χ3n) is 2.68. The van der Waals surface area contributed by atoms with Gasteiger partial charge in [-0.1, -0.05) is 19.4 Å². The molecular weight excluding hydrogens is 232 g/mol. The summed E-state index contributed by atoms with van der Waals surface area (Å²) in [6.07, 6.45) is 2.59. The van der Waals surface area contributed by atoms with Gasteiger partial charge in [0.1, 0.15) is 0 Å². The zero-order chi connectivity index (χ0) is 13.5. The summed E-state index contributed by atoms with van der Waals surface area (Å²) in [7, 11) is 0. The first-order valence-corrected chi connectivity index (χ1v) is 6.24. The Kier molecular flexibility index (Phi) is 5.58. The summed E-state index contributed by atoms with van der Waals surface area (Å²) in [6, 6.07) is 5.09. The van der Waals surface area contributed by atoms with Crippen molar-refractivity contribution in [2.24, 2.45) is 5.73 Å². The highest BCUT2D eigenvalue weighted by Gasteiger charge is 2.16. The Labute approximate surface area is 107 Å². The molecule has 0 aromatic heterocycles. The number of rotatable bonds is 7. The highest BCUT2D eigenvalue weighted by molar-refractivity contribution is 5.48. The second-order valence-electron chi connectivity index (χ2n) is 4.25. The lowest BCUT2D eigenvalue weighted by Crippen LogP contribution is -2.22. The van der Waals surface area contributed by atoms with Crippen molar-refractivity contribution < 1.29 is 9.66 Å². The lowest BCUT2D eigenvalue weighted by molar-refractivity contribution is -0.385. The third-order valence-corrected chi connectivity index (χ3v) is 2.68. The predicted molar refractivity (Wildman–Crippen MR) is 70.9 cm³/mol. The molecule has 5 nitrogen and oxygen atoms in total. The number of nitro groups is 1.